The fourth-order valence-corrected chi connectivity index (χ4v) is 2.05. The van der Waals surface area contributed by atoms with Crippen molar-refractivity contribution in [1.29, 1.82) is 5.26 Å². The van der Waals surface area contributed by atoms with Gasteiger partial charge in [0, 0.05) is 6.54 Å². The zero-order valence-corrected chi connectivity index (χ0v) is 8.29. The molecule has 3 heteroatoms. The van der Waals surface area contributed by atoms with E-state index in [-0.39, 0.29) is 0 Å². The zero-order valence-electron chi connectivity index (χ0n) is 8.29. The third-order valence-corrected chi connectivity index (χ3v) is 2.69. The Hall–Kier alpha value is -0.590. The monoisotopic (exact) mass is 182 g/mol. The molecular weight excluding hydrogens is 164 g/mol. The van der Waals surface area contributed by atoms with Crippen LogP contribution in [0.25, 0.3) is 0 Å². The zero-order chi connectivity index (χ0) is 9.73. The van der Waals surface area contributed by atoms with E-state index in [0.717, 1.165) is 25.7 Å². The lowest BCUT2D eigenvalue weighted by molar-refractivity contribution is -0.0184. The molecule has 0 bridgehead atoms. The minimum atomic E-state index is -0.524. The van der Waals surface area contributed by atoms with E-state index in [0.29, 0.717) is 13.1 Å². The standard InChI is InChI=1S/C10H18N2O/c1-12(8-7-11)9-10(13)5-3-2-4-6-10/h13H,2-6,8-9H2,1H3. The van der Waals surface area contributed by atoms with Gasteiger partial charge in [-0.15, -0.1) is 0 Å². The second-order valence-corrected chi connectivity index (χ2v) is 4.12. The van der Waals surface area contributed by atoms with Gasteiger partial charge in [0.2, 0.25) is 0 Å². The first-order valence-corrected chi connectivity index (χ1v) is 4.94. The Labute approximate surface area is 80.0 Å². The minimum absolute atomic E-state index is 0.405. The topological polar surface area (TPSA) is 47.3 Å². The number of hydrogen-bond donors (Lipinski definition) is 1. The molecule has 13 heavy (non-hydrogen) atoms. The molecule has 1 aliphatic rings. The third-order valence-electron chi connectivity index (χ3n) is 2.69. The van der Waals surface area contributed by atoms with E-state index >= 15 is 0 Å². The summed E-state index contributed by atoms with van der Waals surface area (Å²) in [6, 6.07) is 2.09. The molecule has 74 valence electrons. The van der Waals surface area contributed by atoms with Crippen molar-refractivity contribution in [3.63, 3.8) is 0 Å². The molecule has 0 aromatic carbocycles. The second-order valence-electron chi connectivity index (χ2n) is 4.12. The minimum Gasteiger partial charge on any atom is -0.389 e. The van der Waals surface area contributed by atoms with E-state index in [9.17, 15) is 5.11 Å². The first-order chi connectivity index (χ1) is 6.16. The highest BCUT2D eigenvalue weighted by molar-refractivity contribution is 4.87. The van der Waals surface area contributed by atoms with E-state index in [1.807, 2.05) is 11.9 Å². The van der Waals surface area contributed by atoms with Gasteiger partial charge >= 0.3 is 0 Å². The molecule has 0 amide bonds. The van der Waals surface area contributed by atoms with Crippen LogP contribution in [0, 0.1) is 11.3 Å². The van der Waals surface area contributed by atoms with Crippen LogP contribution in [0.15, 0.2) is 0 Å². The van der Waals surface area contributed by atoms with Crippen LogP contribution in [-0.4, -0.2) is 35.7 Å². The summed E-state index contributed by atoms with van der Waals surface area (Å²) < 4.78 is 0. The Kier molecular flexibility index (Phi) is 3.71. The summed E-state index contributed by atoms with van der Waals surface area (Å²) in [4.78, 5) is 1.89. The van der Waals surface area contributed by atoms with Crippen LogP contribution in [0.5, 0.6) is 0 Å². The lowest BCUT2D eigenvalue weighted by atomic mass is 9.84. The Bertz CT molecular complexity index is 192. The Morgan fingerprint density at radius 1 is 1.38 bits per heavy atom. The Balaban J connectivity index is 2.36. The van der Waals surface area contributed by atoms with E-state index < -0.39 is 5.60 Å². The highest BCUT2D eigenvalue weighted by Crippen LogP contribution is 2.28. The van der Waals surface area contributed by atoms with Crippen molar-refractivity contribution in [3.8, 4) is 6.07 Å². The smallest absolute Gasteiger partial charge is 0.0864 e. The summed E-state index contributed by atoms with van der Waals surface area (Å²) in [5.41, 5.74) is -0.524. The van der Waals surface area contributed by atoms with Gasteiger partial charge in [0.05, 0.1) is 18.2 Å². The number of nitrogens with zero attached hydrogens (tertiary/aromatic N) is 2. The molecular formula is C10H18N2O. The van der Waals surface area contributed by atoms with Gasteiger partial charge in [-0.25, -0.2) is 0 Å². The van der Waals surface area contributed by atoms with Crippen molar-refractivity contribution in [2.45, 2.75) is 37.7 Å². The van der Waals surface area contributed by atoms with Crippen molar-refractivity contribution in [1.82, 2.24) is 4.90 Å². The first-order valence-electron chi connectivity index (χ1n) is 4.94. The van der Waals surface area contributed by atoms with Crippen LogP contribution < -0.4 is 0 Å². The summed E-state index contributed by atoms with van der Waals surface area (Å²) in [6.07, 6.45) is 5.27. The van der Waals surface area contributed by atoms with E-state index in [2.05, 4.69) is 6.07 Å². The van der Waals surface area contributed by atoms with Crippen molar-refractivity contribution in [3.05, 3.63) is 0 Å². The molecule has 3 nitrogen and oxygen atoms in total. The number of nitriles is 1. The van der Waals surface area contributed by atoms with Crippen LogP contribution in [0.1, 0.15) is 32.1 Å². The van der Waals surface area contributed by atoms with Crippen LogP contribution in [-0.2, 0) is 0 Å². The summed E-state index contributed by atoms with van der Waals surface area (Å²) in [6.45, 7) is 1.04. The predicted molar refractivity (Wildman–Crippen MR) is 51.1 cm³/mol. The van der Waals surface area contributed by atoms with Gasteiger partial charge < -0.3 is 5.11 Å². The van der Waals surface area contributed by atoms with Gasteiger partial charge in [0.15, 0.2) is 0 Å². The van der Waals surface area contributed by atoms with Gasteiger partial charge in [-0.3, -0.25) is 4.90 Å². The molecule has 0 atom stereocenters. The van der Waals surface area contributed by atoms with Crippen molar-refractivity contribution in [2.75, 3.05) is 20.1 Å². The lowest BCUT2D eigenvalue weighted by Crippen LogP contribution is -2.43. The number of aliphatic hydroxyl groups is 1. The molecule has 1 saturated carbocycles. The maximum Gasteiger partial charge on any atom is 0.0864 e. The predicted octanol–water partition coefficient (Wildman–Crippen LogP) is 1.14. The molecule has 0 aromatic rings. The molecule has 0 aliphatic heterocycles. The molecule has 1 fully saturated rings. The van der Waals surface area contributed by atoms with Crippen LogP contribution >= 0.6 is 0 Å². The van der Waals surface area contributed by atoms with Gasteiger partial charge in [0.25, 0.3) is 0 Å². The normalized spacial score (nSPS) is 21.4. The van der Waals surface area contributed by atoms with Gasteiger partial charge in [-0.1, -0.05) is 19.3 Å². The van der Waals surface area contributed by atoms with Crippen molar-refractivity contribution < 1.29 is 5.11 Å². The van der Waals surface area contributed by atoms with Crippen molar-refractivity contribution >= 4 is 0 Å². The fraction of sp³-hybridized carbons (Fsp3) is 0.900. The van der Waals surface area contributed by atoms with Crippen LogP contribution in [0.2, 0.25) is 0 Å². The average molecular weight is 182 g/mol. The Morgan fingerprint density at radius 3 is 2.54 bits per heavy atom. The SMILES string of the molecule is CN(CC#N)CC1(O)CCCCC1. The summed E-state index contributed by atoms with van der Waals surface area (Å²) in [7, 11) is 1.88. The Morgan fingerprint density at radius 2 is 2.00 bits per heavy atom. The molecule has 0 spiro atoms. The summed E-state index contributed by atoms with van der Waals surface area (Å²) >= 11 is 0. The van der Waals surface area contributed by atoms with Gasteiger partial charge in [-0.05, 0) is 19.9 Å². The molecule has 1 rings (SSSR count). The van der Waals surface area contributed by atoms with E-state index in [4.69, 9.17) is 5.26 Å². The molecule has 0 radical (unpaired) electrons. The highest BCUT2D eigenvalue weighted by Gasteiger charge is 2.29. The fourth-order valence-electron chi connectivity index (χ4n) is 2.05. The van der Waals surface area contributed by atoms with Crippen molar-refractivity contribution in [2.24, 2.45) is 0 Å². The summed E-state index contributed by atoms with van der Waals surface area (Å²) in [5.74, 6) is 0. The van der Waals surface area contributed by atoms with Crippen LogP contribution in [0.4, 0.5) is 0 Å². The number of likely N-dealkylation sites (N-methyl/N-ethyl adjacent to an activating group) is 1. The van der Waals surface area contributed by atoms with Gasteiger partial charge in [0.1, 0.15) is 0 Å². The highest BCUT2D eigenvalue weighted by atomic mass is 16.3. The maximum atomic E-state index is 10.1. The second kappa shape index (κ2) is 4.59. The van der Waals surface area contributed by atoms with E-state index in [1.54, 1.807) is 0 Å². The van der Waals surface area contributed by atoms with Crippen LogP contribution in [0.3, 0.4) is 0 Å². The molecule has 0 unspecified atom stereocenters. The first kappa shape index (κ1) is 10.5. The molecule has 0 heterocycles. The average Bonchev–Trinajstić information content (AvgIpc) is 2.04. The summed E-state index contributed by atoms with van der Waals surface area (Å²) in [5, 5.41) is 18.6. The largest absolute Gasteiger partial charge is 0.389 e. The van der Waals surface area contributed by atoms with Gasteiger partial charge in [-0.2, -0.15) is 5.26 Å². The number of hydrogen-bond acceptors (Lipinski definition) is 3. The molecule has 1 aliphatic carbocycles. The molecule has 0 aromatic heterocycles. The number of rotatable bonds is 3. The molecule has 1 N–H and O–H groups in total. The van der Waals surface area contributed by atoms with E-state index in [1.165, 1.54) is 6.42 Å². The molecule has 0 saturated heterocycles. The third kappa shape index (κ3) is 3.33. The maximum absolute atomic E-state index is 10.1. The lowest BCUT2D eigenvalue weighted by Gasteiger charge is -2.34. The quantitative estimate of drug-likeness (QED) is 0.666.